The SMILES string of the molecule is CCc1nc(C)c2cccn2n1. The van der Waals surface area contributed by atoms with Crippen molar-refractivity contribution in [3.8, 4) is 0 Å². The molecule has 12 heavy (non-hydrogen) atoms. The Morgan fingerprint density at radius 1 is 1.50 bits per heavy atom. The molecule has 0 radical (unpaired) electrons. The maximum absolute atomic E-state index is 4.36. The zero-order chi connectivity index (χ0) is 8.55. The molecule has 0 atom stereocenters. The van der Waals surface area contributed by atoms with Crippen LogP contribution in [0.3, 0.4) is 0 Å². The monoisotopic (exact) mass is 161 g/mol. The van der Waals surface area contributed by atoms with E-state index in [9.17, 15) is 0 Å². The van der Waals surface area contributed by atoms with Gasteiger partial charge in [0.1, 0.15) is 5.82 Å². The van der Waals surface area contributed by atoms with Crippen LogP contribution >= 0.6 is 0 Å². The van der Waals surface area contributed by atoms with Crippen LogP contribution in [0, 0.1) is 6.92 Å². The van der Waals surface area contributed by atoms with Gasteiger partial charge in [0, 0.05) is 12.6 Å². The summed E-state index contributed by atoms with van der Waals surface area (Å²) in [5, 5.41) is 4.32. The van der Waals surface area contributed by atoms with Crippen LogP contribution in [0.15, 0.2) is 18.3 Å². The summed E-state index contributed by atoms with van der Waals surface area (Å²) in [6, 6.07) is 4.01. The number of rotatable bonds is 1. The van der Waals surface area contributed by atoms with E-state index in [0.29, 0.717) is 0 Å². The van der Waals surface area contributed by atoms with Gasteiger partial charge in [0.2, 0.25) is 0 Å². The summed E-state index contributed by atoms with van der Waals surface area (Å²) in [6.45, 7) is 4.07. The second kappa shape index (κ2) is 2.59. The highest BCUT2D eigenvalue weighted by Gasteiger charge is 2.00. The second-order valence-corrected chi connectivity index (χ2v) is 2.80. The van der Waals surface area contributed by atoms with Crippen LogP contribution < -0.4 is 0 Å². The summed E-state index contributed by atoms with van der Waals surface area (Å²) in [5.74, 6) is 0.899. The molecule has 0 saturated heterocycles. The van der Waals surface area contributed by atoms with E-state index in [-0.39, 0.29) is 0 Å². The van der Waals surface area contributed by atoms with Crippen molar-refractivity contribution in [1.29, 1.82) is 0 Å². The molecule has 0 aromatic carbocycles. The van der Waals surface area contributed by atoms with Gasteiger partial charge in [0.05, 0.1) is 11.2 Å². The van der Waals surface area contributed by atoms with Crippen LogP contribution in [0.4, 0.5) is 0 Å². The van der Waals surface area contributed by atoms with E-state index in [1.807, 2.05) is 29.8 Å². The van der Waals surface area contributed by atoms with Crippen molar-refractivity contribution in [3.63, 3.8) is 0 Å². The first-order valence-corrected chi connectivity index (χ1v) is 4.12. The minimum absolute atomic E-state index is 0.884. The van der Waals surface area contributed by atoms with Gasteiger partial charge < -0.3 is 0 Å². The van der Waals surface area contributed by atoms with Crippen molar-refractivity contribution >= 4 is 5.52 Å². The molecular formula is C9H11N3. The largest absolute Gasteiger partial charge is 0.237 e. The van der Waals surface area contributed by atoms with Crippen LogP contribution in [0.5, 0.6) is 0 Å². The smallest absolute Gasteiger partial charge is 0.149 e. The number of hydrogen-bond acceptors (Lipinski definition) is 2. The Morgan fingerprint density at radius 3 is 3.08 bits per heavy atom. The van der Waals surface area contributed by atoms with E-state index < -0.39 is 0 Å². The molecule has 2 rings (SSSR count). The Balaban J connectivity index is 2.75. The van der Waals surface area contributed by atoms with Crippen molar-refractivity contribution in [1.82, 2.24) is 14.6 Å². The normalized spacial score (nSPS) is 10.8. The van der Waals surface area contributed by atoms with Gasteiger partial charge in [-0.15, -0.1) is 0 Å². The highest BCUT2D eigenvalue weighted by atomic mass is 15.2. The molecule has 3 heteroatoms. The van der Waals surface area contributed by atoms with Gasteiger partial charge in [-0.25, -0.2) is 9.50 Å². The lowest BCUT2D eigenvalue weighted by Crippen LogP contribution is -2.01. The van der Waals surface area contributed by atoms with Crippen LogP contribution in [0.1, 0.15) is 18.4 Å². The second-order valence-electron chi connectivity index (χ2n) is 2.80. The zero-order valence-electron chi connectivity index (χ0n) is 7.28. The Labute approximate surface area is 71.1 Å². The molecular weight excluding hydrogens is 150 g/mol. The molecule has 0 aliphatic heterocycles. The molecule has 0 aliphatic carbocycles. The molecule has 62 valence electrons. The Kier molecular flexibility index (Phi) is 1.57. The Morgan fingerprint density at radius 2 is 2.33 bits per heavy atom. The lowest BCUT2D eigenvalue weighted by Gasteiger charge is -2.00. The van der Waals surface area contributed by atoms with E-state index in [1.165, 1.54) is 0 Å². The zero-order valence-corrected chi connectivity index (χ0v) is 7.28. The van der Waals surface area contributed by atoms with Crippen LogP contribution in [0.2, 0.25) is 0 Å². The molecule has 0 N–H and O–H groups in total. The number of nitrogens with zero attached hydrogens (tertiary/aromatic N) is 3. The van der Waals surface area contributed by atoms with E-state index in [4.69, 9.17) is 0 Å². The fraction of sp³-hybridized carbons (Fsp3) is 0.333. The first-order chi connectivity index (χ1) is 5.81. The van der Waals surface area contributed by atoms with E-state index in [1.54, 1.807) is 0 Å². The third-order valence-electron chi connectivity index (χ3n) is 1.94. The summed E-state index contributed by atoms with van der Waals surface area (Å²) >= 11 is 0. The van der Waals surface area contributed by atoms with E-state index in [0.717, 1.165) is 23.5 Å². The predicted molar refractivity (Wildman–Crippen MR) is 47.1 cm³/mol. The number of aromatic nitrogens is 3. The highest BCUT2D eigenvalue weighted by Crippen LogP contribution is 2.06. The summed E-state index contributed by atoms with van der Waals surface area (Å²) in [5.41, 5.74) is 2.14. The number of aryl methyl sites for hydroxylation is 2. The molecule has 2 heterocycles. The molecule has 0 saturated carbocycles. The molecule has 0 aliphatic rings. The van der Waals surface area contributed by atoms with Gasteiger partial charge in [-0.05, 0) is 19.1 Å². The number of fused-ring (bicyclic) bond motifs is 1. The van der Waals surface area contributed by atoms with Gasteiger partial charge >= 0.3 is 0 Å². The fourth-order valence-electron chi connectivity index (χ4n) is 1.29. The van der Waals surface area contributed by atoms with Crippen molar-refractivity contribution in [2.75, 3.05) is 0 Å². The van der Waals surface area contributed by atoms with Crippen LogP contribution in [-0.2, 0) is 6.42 Å². The van der Waals surface area contributed by atoms with Crippen LogP contribution in [-0.4, -0.2) is 14.6 Å². The molecule has 0 bridgehead atoms. The van der Waals surface area contributed by atoms with Gasteiger partial charge in [-0.2, -0.15) is 5.10 Å². The third-order valence-corrected chi connectivity index (χ3v) is 1.94. The van der Waals surface area contributed by atoms with Crippen molar-refractivity contribution < 1.29 is 0 Å². The summed E-state index contributed by atoms with van der Waals surface area (Å²) < 4.78 is 1.88. The van der Waals surface area contributed by atoms with E-state index >= 15 is 0 Å². The lowest BCUT2D eigenvalue weighted by atomic mass is 10.4. The Hall–Kier alpha value is -1.38. The lowest BCUT2D eigenvalue weighted by molar-refractivity contribution is 0.799. The maximum Gasteiger partial charge on any atom is 0.149 e. The minimum Gasteiger partial charge on any atom is -0.237 e. The average molecular weight is 161 g/mol. The Bertz CT molecular complexity index is 403. The summed E-state index contributed by atoms with van der Waals surface area (Å²) in [7, 11) is 0. The standard InChI is InChI=1S/C9H11N3/c1-3-9-10-7(2)8-5-4-6-12(8)11-9/h4-6H,3H2,1-2H3. The third kappa shape index (κ3) is 0.978. The minimum atomic E-state index is 0.884. The average Bonchev–Trinajstić information content (AvgIpc) is 2.52. The van der Waals surface area contributed by atoms with Crippen molar-refractivity contribution in [2.45, 2.75) is 20.3 Å². The van der Waals surface area contributed by atoms with Crippen molar-refractivity contribution in [3.05, 3.63) is 29.8 Å². The van der Waals surface area contributed by atoms with Crippen molar-refractivity contribution in [2.24, 2.45) is 0 Å². The summed E-state index contributed by atoms with van der Waals surface area (Å²) in [6.07, 6.45) is 2.83. The number of hydrogen-bond donors (Lipinski definition) is 0. The maximum atomic E-state index is 4.36. The molecule has 2 aromatic heterocycles. The predicted octanol–water partition coefficient (Wildman–Crippen LogP) is 1.60. The molecule has 0 amide bonds. The van der Waals surface area contributed by atoms with Crippen LogP contribution in [0.25, 0.3) is 5.52 Å². The summed E-state index contributed by atoms with van der Waals surface area (Å²) in [4.78, 5) is 4.36. The quantitative estimate of drug-likeness (QED) is 0.636. The molecule has 0 unspecified atom stereocenters. The topological polar surface area (TPSA) is 30.2 Å². The van der Waals surface area contributed by atoms with Gasteiger partial charge in [-0.3, -0.25) is 0 Å². The molecule has 0 spiro atoms. The first-order valence-electron chi connectivity index (χ1n) is 4.12. The fourth-order valence-corrected chi connectivity index (χ4v) is 1.29. The van der Waals surface area contributed by atoms with Gasteiger partial charge in [0.25, 0.3) is 0 Å². The highest BCUT2D eigenvalue weighted by molar-refractivity contribution is 5.50. The van der Waals surface area contributed by atoms with Gasteiger partial charge in [-0.1, -0.05) is 6.92 Å². The molecule has 2 aromatic rings. The van der Waals surface area contributed by atoms with Gasteiger partial charge in [0.15, 0.2) is 0 Å². The molecule has 0 fully saturated rings. The van der Waals surface area contributed by atoms with E-state index in [2.05, 4.69) is 17.0 Å². The first kappa shape index (κ1) is 7.28. The molecule has 3 nitrogen and oxygen atoms in total.